The predicted octanol–water partition coefficient (Wildman–Crippen LogP) is 3.40. The summed E-state index contributed by atoms with van der Waals surface area (Å²) >= 11 is 0. The van der Waals surface area contributed by atoms with Crippen molar-refractivity contribution in [2.24, 2.45) is 0 Å². The Bertz CT molecular complexity index is 918. The smallest absolute Gasteiger partial charge is 0.318 e. The molecule has 178 valence electrons. The summed E-state index contributed by atoms with van der Waals surface area (Å²) in [5.74, 6) is 0.789. The molecular formula is C25H36N6O2. The van der Waals surface area contributed by atoms with Crippen molar-refractivity contribution in [3.8, 4) is 11.3 Å². The largest absolute Gasteiger partial charge is 0.352 e. The topological polar surface area (TPSA) is 81.7 Å². The molecule has 1 saturated heterocycles. The van der Waals surface area contributed by atoms with E-state index >= 15 is 0 Å². The summed E-state index contributed by atoms with van der Waals surface area (Å²) in [6, 6.07) is 13.7. The van der Waals surface area contributed by atoms with Crippen LogP contribution in [-0.2, 0) is 4.79 Å². The maximum absolute atomic E-state index is 13.0. The van der Waals surface area contributed by atoms with Gasteiger partial charge in [-0.25, -0.2) is 4.79 Å². The summed E-state index contributed by atoms with van der Waals surface area (Å²) in [7, 11) is 0. The van der Waals surface area contributed by atoms with E-state index < -0.39 is 0 Å². The molecule has 0 radical (unpaired) electrons. The highest BCUT2D eigenvalue weighted by molar-refractivity contribution is 5.84. The number of hydrogen-bond acceptors (Lipinski definition) is 5. The molecule has 0 spiro atoms. The lowest BCUT2D eigenvalue weighted by Gasteiger charge is -2.37. The number of carbonyl (C=O) groups excluding carboxylic acids is 2. The molecule has 2 aromatic rings. The van der Waals surface area contributed by atoms with Crippen molar-refractivity contribution in [2.75, 3.05) is 37.6 Å². The van der Waals surface area contributed by atoms with Gasteiger partial charge in [0.15, 0.2) is 5.82 Å². The molecule has 0 saturated carbocycles. The molecule has 1 fully saturated rings. The number of aromatic nitrogens is 2. The molecule has 0 unspecified atom stereocenters. The van der Waals surface area contributed by atoms with Gasteiger partial charge >= 0.3 is 6.03 Å². The Kier molecular flexibility index (Phi) is 7.89. The zero-order chi connectivity index (χ0) is 24.0. The Morgan fingerprint density at radius 2 is 1.70 bits per heavy atom. The Morgan fingerprint density at radius 1 is 1.03 bits per heavy atom. The molecule has 3 amide bonds. The van der Waals surface area contributed by atoms with E-state index in [4.69, 9.17) is 0 Å². The number of nitrogens with zero attached hydrogens (tertiary/aromatic N) is 5. The minimum atomic E-state index is -0.353. The second-order valence-electron chi connectivity index (χ2n) is 9.58. The van der Waals surface area contributed by atoms with Gasteiger partial charge in [-0.05, 0) is 46.2 Å². The fourth-order valence-electron chi connectivity index (χ4n) is 3.73. The van der Waals surface area contributed by atoms with Crippen molar-refractivity contribution in [1.82, 2.24) is 25.3 Å². The van der Waals surface area contributed by atoms with Gasteiger partial charge in [-0.2, -0.15) is 0 Å². The average molecular weight is 453 g/mol. The summed E-state index contributed by atoms with van der Waals surface area (Å²) in [6.07, 6.45) is 0.788. The van der Waals surface area contributed by atoms with Crippen molar-refractivity contribution < 1.29 is 9.59 Å². The van der Waals surface area contributed by atoms with Crippen LogP contribution in [0.2, 0.25) is 0 Å². The van der Waals surface area contributed by atoms with Crippen LogP contribution in [0.15, 0.2) is 42.5 Å². The third-order valence-electron chi connectivity index (χ3n) is 5.85. The van der Waals surface area contributed by atoms with Gasteiger partial charge in [-0.3, -0.25) is 4.79 Å². The fraction of sp³-hybridized carbons (Fsp3) is 0.520. The molecule has 0 aliphatic carbocycles. The van der Waals surface area contributed by atoms with Gasteiger partial charge in [0.2, 0.25) is 5.91 Å². The van der Waals surface area contributed by atoms with Gasteiger partial charge in [0.1, 0.15) is 6.54 Å². The number of amides is 3. The molecule has 1 aliphatic heterocycles. The number of anilines is 1. The molecule has 8 heteroatoms. The first-order chi connectivity index (χ1) is 15.7. The summed E-state index contributed by atoms with van der Waals surface area (Å²) in [6.45, 7) is 12.5. The van der Waals surface area contributed by atoms with Crippen LogP contribution in [0.25, 0.3) is 11.3 Å². The van der Waals surface area contributed by atoms with Gasteiger partial charge in [-0.15, -0.1) is 10.2 Å². The molecule has 1 N–H and O–H groups in total. The normalized spacial score (nSPS) is 15.2. The van der Waals surface area contributed by atoms with E-state index in [0.717, 1.165) is 23.5 Å². The lowest BCUT2D eigenvalue weighted by atomic mass is 10.1. The minimum absolute atomic E-state index is 0.0176. The van der Waals surface area contributed by atoms with E-state index in [0.29, 0.717) is 26.2 Å². The van der Waals surface area contributed by atoms with Crippen LogP contribution in [0.4, 0.5) is 10.6 Å². The van der Waals surface area contributed by atoms with Crippen LogP contribution in [0.3, 0.4) is 0 Å². The first kappa shape index (κ1) is 24.5. The Balaban J connectivity index is 1.57. The van der Waals surface area contributed by atoms with E-state index in [1.54, 1.807) is 4.90 Å². The number of rotatable bonds is 6. The van der Waals surface area contributed by atoms with E-state index in [9.17, 15) is 9.59 Å². The highest BCUT2D eigenvalue weighted by atomic mass is 16.2. The summed E-state index contributed by atoms with van der Waals surface area (Å²) in [5, 5.41) is 11.8. The second-order valence-corrected chi connectivity index (χ2v) is 9.58. The molecule has 33 heavy (non-hydrogen) atoms. The van der Waals surface area contributed by atoms with Gasteiger partial charge in [0, 0.05) is 43.3 Å². The van der Waals surface area contributed by atoms with Gasteiger partial charge in [-0.1, -0.05) is 37.3 Å². The van der Waals surface area contributed by atoms with Crippen LogP contribution in [0.1, 0.15) is 41.0 Å². The van der Waals surface area contributed by atoms with Crippen LogP contribution in [-0.4, -0.2) is 76.2 Å². The van der Waals surface area contributed by atoms with Crippen LogP contribution < -0.4 is 10.2 Å². The summed E-state index contributed by atoms with van der Waals surface area (Å²) < 4.78 is 0. The number of nitrogens with one attached hydrogen (secondary N) is 1. The number of piperazine rings is 1. The molecule has 1 aromatic heterocycles. The minimum Gasteiger partial charge on any atom is -0.352 e. The predicted molar refractivity (Wildman–Crippen MR) is 131 cm³/mol. The molecule has 3 rings (SSSR count). The molecule has 1 aromatic carbocycles. The lowest BCUT2D eigenvalue weighted by molar-refractivity contribution is -0.132. The average Bonchev–Trinajstić information content (AvgIpc) is 2.81. The van der Waals surface area contributed by atoms with Crippen molar-refractivity contribution in [3.05, 3.63) is 42.5 Å². The van der Waals surface area contributed by atoms with Crippen molar-refractivity contribution in [1.29, 1.82) is 0 Å². The molecule has 8 nitrogen and oxygen atoms in total. The zero-order valence-electron chi connectivity index (χ0n) is 20.4. The monoisotopic (exact) mass is 452 g/mol. The van der Waals surface area contributed by atoms with Gasteiger partial charge in [0.05, 0.1) is 5.69 Å². The fourth-order valence-corrected chi connectivity index (χ4v) is 3.73. The van der Waals surface area contributed by atoms with Crippen molar-refractivity contribution >= 4 is 17.8 Å². The highest BCUT2D eigenvalue weighted by Gasteiger charge is 2.29. The van der Waals surface area contributed by atoms with Crippen LogP contribution in [0.5, 0.6) is 0 Å². The van der Waals surface area contributed by atoms with E-state index in [2.05, 4.69) is 20.4 Å². The molecular weight excluding hydrogens is 416 g/mol. The van der Waals surface area contributed by atoms with E-state index in [1.165, 1.54) is 0 Å². The molecule has 1 aliphatic rings. The van der Waals surface area contributed by atoms with E-state index in [-0.39, 0.29) is 30.1 Å². The molecule has 0 bridgehead atoms. The lowest BCUT2D eigenvalue weighted by Crippen LogP contribution is -2.56. The quantitative estimate of drug-likeness (QED) is 0.727. The number of benzene rings is 1. The number of hydrogen-bond donors (Lipinski definition) is 1. The maximum atomic E-state index is 13.0. The maximum Gasteiger partial charge on any atom is 0.318 e. The second kappa shape index (κ2) is 10.6. The standard InChI is InChI=1S/C25H36N6O2/c1-6-19(2)31(24(33)26-25(3,4)5)18-23(32)30-16-14-29(15-17-30)22-13-12-21(27-28-22)20-10-8-7-9-11-20/h7-13,19H,6,14-18H2,1-5H3,(H,26,33)/t19-/m1/s1. The van der Waals surface area contributed by atoms with Crippen molar-refractivity contribution in [2.45, 2.75) is 52.6 Å². The van der Waals surface area contributed by atoms with Crippen LogP contribution in [0, 0.1) is 0 Å². The summed E-state index contributed by atoms with van der Waals surface area (Å²) in [4.78, 5) is 31.4. The molecule has 1 atom stereocenters. The number of urea groups is 1. The summed E-state index contributed by atoms with van der Waals surface area (Å²) in [5.41, 5.74) is 1.52. The Labute approximate surface area is 197 Å². The van der Waals surface area contributed by atoms with Crippen LogP contribution >= 0.6 is 0 Å². The number of carbonyl (C=O) groups is 2. The first-order valence-electron chi connectivity index (χ1n) is 11.7. The molecule has 2 heterocycles. The van der Waals surface area contributed by atoms with Crippen molar-refractivity contribution in [3.63, 3.8) is 0 Å². The highest BCUT2D eigenvalue weighted by Crippen LogP contribution is 2.19. The Morgan fingerprint density at radius 3 is 2.24 bits per heavy atom. The zero-order valence-corrected chi connectivity index (χ0v) is 20.4. The third kappa shape index (κ3) is 6.66. The van der Waals surface area contributed by atoms with Gasteiger partial charge in [0.25, 0.3) is 0 Å². The van der Waals surface area contributed by atoms with E-state index in [1.807, 2.05) is 82.0 Å². The SMILES string of the molecule is CC[C@@H](C)N(CC(=O)N1CCN(c2ccc(-c3ccccc3)nn2)CC1)C(=O)NC(C)(C)C. The first-order valence-corrected chi connectivity index (χ1v) is 11.7. The Hall–Kier alpha value is -3.16. The van der Waals surface area contributed by atoms with Gasteiger partial charge < -0.3 is 20.0 Å². The third-order valence-corrected chi connectivity index (χ3v) is 5.85.